The molecule has 1 saturated heterocycles. The summed E-state index contributed by atoms with van der Waals surface area (Å²) in [5.74, 6) is 0.771. The first kappa shape index (κ1) is 17.5. The number of anilines is 1. The Labute approximate surface area is 150 Å². The summed E-state index contributed by atoms with van der Waals surface area (Å²) >= 11 is 0. The van der Waals surface area contributed by atoms with Crippen molar-refractivity contribution >= 4 is 11.6 Å². The van der Waals surface area contributed by atoms with Gasteiger partial charge < -0.3 is 10.2 Å². The minimum Gasteiger partial charge on any atom is -0.384 e. The molecule has 1 aromatic heterocycles. The molecule has 0 unspecified atom stereocenters. The van der Waals surface area contributed by atoms with Crippen LogP contribution in [0.15, 0.2) is 48.8 Å². The molecule has 0 aliphatic carbocycles. The van der Waals surface area contributed by atoms with Gasteiger partial charge in [-0.3, -0.25) is 9.78 Å². The monoisotopic (exact) mass is 337 g/mol. The van der Waals surface area contributed by atoms with Crippen molar-refractivity contribution < 1.29 is 4.79 Å². The molecule has 0 bridgehead atoms. The number of pyridine rings is 1. The van der Waals surface area contributed by atoms with Crippen LogP contribution in [0.1, 0.15) is 42.1 Å². The Morgan fingerprint density at radius 3 is 2.68 bits per heavy atom. The molecule has 0 saturated carbocycles. The quantitative estimate of drug-likeness (QED) is 0.866. The first-order valence-electron chi connectivity index (χ1n) is 9.28. The first-order chi connectivity index (χ1) is 12.3. The van der Waals surface area contributed by atoms with Gasteiger partial charge in [-0.25, -0.2) is 0 Å². The van der Waals surface area contributed by atoms with Gasteiger partial charge in [0.25, 0.3) is 5.91 Å². The molecule has 3 rings (SSSR count). The van der Waals surface area contributed by atoms with Crippen LogP contribution in [0.4, 0.5) is 5.69 Å². The summed E-state index contributed by atoms with van der Waals surface area (Å²) in [7, 11) is 0. The largest absolute Gasteiger partial charge is 0.384 e. The van der Waals surface area contributed by atoms with Gasteiger partial charge in [0.1, 0.15) is 0 Å². The van der Waals surface area contributed by atoms with Gasteiger partial charge in [0.05, 0.1) is 11.3 Å². The number of benzene rings is 1. The number of piperidine rings is 1. The molecule has 1 amide bonds. The van der Waals surface area contributed by atoms with Crippen LogP contribution >= 0.6 is 0 Å². The number of nitrogens with zero attached hydrogens (tertiary/aromatic N) is 2. The highest BCUT2D eigenvalue weighted by atomic mass is 16.2. The number of carbonyl (C=O) groups excluding carboxylic acids is 1. The zero-order valence-electron chi connectivity index (χ0n) is 14.9. The summed E-state index contributed by atoms with van der Waals surface area (Å²) in [6, 6.07) is 12.6. The van der Waals surface area contributed by atoms with Crippen molar-refractivity contribution in [1.29, 1.82) is 0 Å². The van der Waals surface area contributed by atoms with Gasteiger partial charge in [0.15, 0.2) is 0 Å². The van der Waals surface area contributed by atoms with Crippen molar-refractivity contribution in [2.45, 2.75) is 32.6 Å². The summed E-state index contributed by atoms with van der Waals surface area (Å²) < 4.78 is 0. The molecule has 0 spiro atoms. The van der Waals surface area contributed by atoms with Crippen molar-refractivity contribution in [1.82, 2.24) is 9.88 Å². The maximum absolute atomic E-state index is 12.7. The molecule has 0 atom stereocenters. The Hall–Kier alpha value is -2.36. The molecular formula is C21H27N3O. The van der Waals surface area contributed by atoms with Gasteiger partial charge in [-0.2, -0.15) is 0 Å². The Bertz CT molecular complexity index is 679. The number of hydrogen-bond acceptors (Lipinski definition) is 3. The molecule has 1 aliphatic rings. The number of hydrogen-bond donors (Lipinski definition) is 1. The Morgan fingerprint density at radius 2 is 1.96 bits per heavy atom. The van der Waals surface area contributed by atoms with Crippen molar-refractivity contribution in [3.8, 4) is 0 Å². The molecule has 1 N–H and O–H groups in total. The fourth-order valence-electron chi connectivity index (χ4n) is 3.39. The highest BCUT2D eigenvalue weighted by Gasteiger charge is 2.24. The SMILES string of the molecule is CCCNc1cncc(C(=O)N2CCC(Cc3ccccc3)CC2)c1. The average molecular weight is 337 g/mol. The smallest absolute Gasteiger partial charge is 0.255 e. The first-order valence-corrected chi connectivity index (χ1v) is 9.28. The van der Waals surface area contributed by atoms with Crippen molar-refractivity contribution in [2.75, 3.05) is 25.0 Å². The second-order valence-electron chi connectivity index (χ2n) is 6.81. The standard InChI is InChI=1S/C21H27N3O/c1-2-10-23-20-14-19(15-22-16-20)21(25)24-11-8-18(9-12-24)13-17-6-4-3-5-7-17/h3-7,14-16,18,23H,2,8-13H2,1H3. The summed E-state index contributed by atoms with van der Waals surface area (Å²) in [5, 5.41) is 3.29. The van der Waals surface area contributed by atoms with Crippen LogP contribution in [0.5, 0.6) is 0 Å². The highest BCUT2D eigenvalue weighted by molar-refractivity contribution is 5.94. The van der Waals surface area contributed by atoms with Crippen LogP contribution in [0.2, 0.25) is 0 Å². The zero-order chi connectivity index (χ0) is 17.5. The Balaban J connectivity index is 1.54. The second kappa shape index (κ2) is 8.65. The van der Waals surface area contributed by atoms with E-state index in [1.165, 1.54) is 5.56 Å². The van der Waals surface area contributed by atoms with Crippen LogP contribution in [0, 0.1) is 5.92 Å². The van der Waals surface area contributed by atoms with Crippen LogP contribution < -0.4 is 5.32 Å². The van der Waals surface area contributed by atoms with Gasteiger partial charge in [-0.15, -0.1) is 0 Å². The van der Waals surface area contributed by atoms with Gasteiger partial charge in [-0.05, 0) is 43.2 Å². The van der Waals surface area contributed by atoms with E-state index in [1.54, 1.807) is 12.4 Å². The van der Waals surface area contributed by atoms with E-state index >= 15 is 0 Å². The van der Waals surface area contributed by atoms with Crippen LogP contribution in [-0.4, -0.2) is 35.4 Å². The molecule has 1 aromatic carbocycles. The van der Waals surface area contributed by atoms with E-state index in [9.17, 15) is 4.79 Å². The maximum atomic E-state index is 12.7. The van der Waals surface area contributed by atoms with Gasteiger partial charge >= 0.3 is 0 Å². The molecule has 0 radical (unpaired) electrons. The lowest BCUT2D eigenvalue weighted by molar-refractivity contribution is 0.0690. The Kier molecular flexibility index (Phi) is 6.04. The van der Waals surface area contributed by atoms with Crippen molar-refractivity contribution in [3.63, 3.8) is 0 Å². The zero-order valence-corrected chi connectivity index (χ0v) is 14.9. The normalized spacial score (nSPS) is 15.2. The summed E-state index contributed by atoms with van der Waals surface area (Å²) in [6.07, 6.45) is 7.76. The number of aromatic nitrogens is 1. The van der Waals surface area contributed by atoms with Crippen LogP contribution in [-0.2, 0) is 6.42 Å². The minimum atomic E-state index is 0.103. The maximum Gasteiger partial charge on any atom is 0.255 e. The Morgan fingerprint density at radius 1 is 1.20 bits per heavy atom. The van der Waals surface area contributed by atoms with Crippen LogP contribution in [0.25, 0.3) is 0 Å². The summed E-state index contributed by atoms with van der Waals surface area (Å²) in [6.45, 7) is 4.69. The van der Waals surface area contributed by atoms with Crippen molar-refractivity contribution in [2.24, 2.45) is 5.92 Å². The molecule has 2 aromatic rings. The lowest BCUT2D eigenvalue weighted by atomic mass is 9.90. The predicted octanol–water partition coefficient (Wildman–Crippen LogP) is 4.00. The van der Waals surface area contributed by atoms with E-state index in [-0.39, 0.29) is 5.91 Å². The summed E-state index contributed by atoms with van der Waals surface area (Å²) in [4.78, 5) is 18.9. The third-order valence-corrected chi connectivity index (χ3v) is 4.83. The number of nitrogens with one attached hydrogen (secondary N) is 1. The topological polar surface area (TPSA) is 45.2 Å². The van der Waals surface area contributed by atoms with E-state index in [0.29, 0.717) is 11.5 Å². The van der Waals surface area contributed by atoms with E-state index in [2.05, 4.69) is 47.6 Å². The molecule has 25 heavy (non-hydrogen) atoms. The molecule has 1 fully saturated rings. The minimum absolute atomic E-state index is 0.103. The molecule has 132 valence electrons. The fourth-order valence-corrected chi connectivity index (χ4v) is 3.39. The fraction of sp³-hybridized carbons (Fsp3) is 0.429. The van der Waals surface area contributed by atoms with E-state index in [1.807, 2.05) is 11.0 Å². The molecule has 1 aliphatic heterocycles. The lowest BCUT2D eigenvalue weighted by Crippen LogP contribution is -2.39. The number of rotatable bonds is 6. The second-order valence-corrected chi connectivity index (χ2v) is 6.81. The number of carbonyl (C=O) groups is 1. The summed E-state index contributed by atoms with van der Waals surface area (Å²) in [5.41, 5.74) is 3.00. The third kappa shape index (κ3) is 4.81. The molecule has 4 nitrogen and oxygen atoms in total. The van der Waals surface area contributed by atoms with Crippen LogP contribution in [0.3, 0.4) is 0 Å². The van der Waals surface area contributed by atoms with Gasteiger partial charge in [-0.1, -0.05) is 37.3 Å². The predicted molar refractivity (Wildman–Crippen MR) is 102 cm³/mol. The highest BCUT2D eigenvalue weighted by Crippen LogP contribution is 2.23. The van der Waals surface area contributed by atoms with Crippen molar-refractivity contribution in [3.05, 3.63) is 59.9 Å². The third-order valence-electron chi connectivity index (χ3n) is 4.83. The molecule has 2 heterocycles. The number of amides is 1. The number of likely N-dealkylation sites (tertiary alicyclic amines) is 1. The molecular weight excluding hydrogens is 310 g/mol. The lowest BCUT2D eigenvalue weighted by Gasteiger charge is -2.32. The van der Waals surface area contributed by atoms with E-state index < -0.39 is 0 Å². The van der Waals surface area contributed by atoms with E-state index in [0.717, 1.165) is 51.0 Å². The van der Waals surface area contributed by atoms with E-state index in [4.69, 9.17) is 0 Å². The molecule has 4 heteroatoms. The van der Waals surface area contributed by atoms with Gasteiger partial charge in [0, 0.05) is 32.0 Å². The average Bonchev–Trinajstić information content (AvgIpc) is 2.67. The van der Waals surface area contributed by atoms with Gasteiger partial charge in [0.2, 0.25) is 0 Å².